The maximum absolute atomic E-state index is 6.78. The first-order valence-electron chi connectivity index (χ1n) is 16.4. The molecule has 2 aromatic heterocycles. The lowest BCUT2D eigenvalue weighted by Crippen LogP contribution is -2.14. The largest absolute Gasteiger partial charge is 0.398 e. The minimum atomic E-state index is 0.0116. The monoisotopic (exact) mass is 632 g/mol. The van der Waals surface area contributed by atoms with Gasteiger partial charge in [-0.2, -0.15) is 0 Å². The molecule has 0 bridgehead atoms. The maximum Gasteiger partial charge on any atom is 0.0887 e. The molecule has 0 saturated heterocycles. The third-order valence-corrected chi connectivity index (χ3v) is 8.66. The van der Waals surface area contributed by atoms with Crippen molar-refractivity contribution in [2.75, 3.05) is 0 Å². The molecule has 2 heterocycles. The minimum absolute atomic E-state index is 0.0116. The fourth-order valence-corrected chi connectivity index (χ4v) is 6.03. The summed E-state index contributed by atoms with van der Waals surface area (Å²) < 4.78 is 0. The van der Waals surface area contributed by atoms with Crippen molar-refractivity contribution in [2.45, 2.75) is 6.42 Å². The van der Waals surface area contributed by atoms with Crippen LogP contribution in [0.2, 0.25) is 0 Å². The van der Waals surface area contributed by atoms with E-state index in [4.69, 9.17) is 20.7 Å². The first-order valence-corrected chi connectivity index (χ1v) is 16.4. The fraction of sp³-hybridized carbons (Fsp3) is 0.0444. The number of aliphatic imine (C=N–C) groups is 1. The van der Waals surface area contributed by atoms with Gasteiger partial charge in [0.1, 0.15) is 0 Å². The molecule has 1 unspecified atom stereocenters. The predicted octanol–water partition coefficient (Wildman–Crippen LogP) is 10.5. The Morgan fingerprint density at radius 1 is 0.694 bits per heavy atom. The normalized spacial score (nSPS) is 14.7. The number of nitrogens with two attached hydrogens (primary N) is 1. The first-order chi connectivity index (χ1) is 24.1. The second kappa shape index (κ2) is 14.6. The topological polar surface area (TPSA) is 64.2 Å². The van der Waals surface area contributed by atoms with E-state index in [0.29, 0.717) is 17.1 Å². The van der Waals surface area contributed by atoms with E-state index in [9.17, 15) is 0 Å². The molecule has 4 nitrogen and oxygen atoms in total. The standard InChI is InChI=1S/C45H36N4/c1-32(42-20-11-21-43(49-42)40-19-12-30-47-45(40)39-17-9-4-10-18-39)48-44(38-28-24-36(25-29-38)34-15-7-3-8-16-34)31-41(46)37-26-22-35(23-27-37)33-13-5-2-6-14-33/h2-28,30-31,38H,1,29,46H2/b41-31-,48-44+. The van der Waals surface area contributed by atoms with Crippen LogP contribution in [0.5, 0.6) is 0 Å². The van der Waals surface area contributed by atoms with Gasteiger partial charge in [-0.3, -0.25) is 9.98 Å². The SMILES string of the molecule is C=C(/N=C(\C=C(/N)c1ccc(-c2ccccc2)cc1)C1C=CC(c2ccccc2)=CC1)c1cccc(-c2cccnc2-c2ccccc2)n1. The summed E-state index contributed by atoms with van der Waals surface area (Å²) in [5.74, 6) is 0.0116. The lowest BCUT2D eigenvalue weighted by molar-refractivity contribution is 0.875. The van der Waals surface area contributed by atoms with Gasteiger partial charge in [0, 0.05) is 28.9 Å². The summed E-state index contributed by atoms with van der Waals surface area (Å²) in [6.45, 7) is 4.39. The zero-order valence-electron chi connectivity index (χ0n) is 27.2. The van der Waals surface area contributed by atoms with Gasteiger partial charge in [-0.25, -0.2) is 4.98 Å². The Morgan fingerprint density at radius 2 is 1.35 bits per heavy atom. The van der Waals surface area contributed by atoms with Crippen molar-refractivity contribution in [1.82, 2.24) is 9.97 Å². The number of rotatable bonds is 9. The zero-order valence-corrected chi connectivity index (χ0v) is 27.2. The van der Waals surface area contributed by atoms with E-state index in [1.165, 1.54) is 16.7 Å². The smallest absolute Gasteiger partial charge is 0.0887 e. The molecule has 7 rings (SSSR count). The molecule has 0 saturated carbocycles. The number of benzene rings is 4. The summed E-state index contributed by atoms with van der Waals surface area (Å²) in [6.07, 6.45) is 11.2. The number of nitrogens with zero attached hydrogens (tertiary/aromatic N) is 3. The van der Waals surface area contributed by atoms with E-state index >= 15 is 0 Å². The second-order valence-electron chi connectivity index (χ2n) is 11.9. The lowest BCUT2D eigenvalue weighted by atomic mass is 9.89. The highest BCUT2D eigenvalue weighted by molar-refractivity contribution is 6.06. The average molecular weight is 633 g/mol. The Bertz CT molecular complexity index is 2190. The van der Waals surface area contributed by atoms with Crippen LogP contribution in [0.25, 0.3) is 50.6 Å². The first kappa shape index (κ1) is 31.2. The summed E-state index contributed by atoms with van der Waals surface area (Å²) in [7, 11) is 0. The Labute approximate surface area is 288 Å². The third kappa shape index (κ3) is 7.29. The van der Waals surface area contributed by atoms with Crippen LogP contribution in [0.15, 0.2) is 188 Å². The summed E-state index contributed by atoms with van der Waals surface area (Å²) >= 11 is 0. The van der Waals surface area contributed by atoms with Crippen LogP contribution in [-0.4, -0.2) is 15.7 Å². The third-order valence-electron chi connectivity index (χ3n) is 8.66. The van der Waals surface area contributed by atoms with Crippen molar-refractivity contribution in [2.24, 2.45) is 16.6 Å². The summed E-state index contributed by atoms with van der Waals surface area (Å²) in [5, 5.41) is 0. The highest BCUT2D eigenvalue weighted by atomic mass is 14.8. The van der Waals surface area contributed by atoms with Crippen molar-refractivity contribution in [3.05, 3.63) is 199 Å². The van der Waals surface area contributed by atoms with Crippen molar-refractivity contribution >= 4 is 22.7 Å². The Balaban J connectivity index is 1.22. The Morgan fingerprint density at radius 3 is 2.02 bits per heavy atom. The van der Waals surface area contributed by atoms with E-state index in [0.717, 1.165) is 45.8 Å². The average Bonchev–Trinajstić information content (AvgIpc) is 3.19. The Hall–Kier alpha value is -6.39. The summed E-state index contributed by atoms with van der Waals surface area (Å²) in [5.41, 5.74) is 18.8. The van der Waals surface area contributed by atoms with Crippen LogP contribution in [0, 0.1) is 5.92 Å². The lowest BCUT2D eigenvalue weighted by Gasteiger charge is -2.18. The number of hydrogen-bond donors (Lipinski definition) is 1. The van der Waals surface area contributed by atoms with Gasteiger partial charge in [0.25, 0.3) is 0 Å². The van der Waals surface area contributed by atoms with E-state index in [-0.39, 0.29) is 5.92 Å². The molecule has 0 fully saturated rings. The number of aromatic nitrogens is 2. The molecule has 4 aromatic carbocycles. The van der Waals surface area contributed by atoms with Crippen LogP contribution in [0.3, 0.4) is 0 Å². The van der Waals surface area contributed by atoms with Crippen LogP contribution >= 0.6 is 0 Å². The van der Waals surface area contributed by atoms with Crippen molar-refractivity contribution in [3.63, 3.8) is 0 Å². The second-order valence-corrected chi connectivity index (χ2v) is 11.9. The summed E-state index contributed by atoms with van der Waals surface area (Å²) in [6, 6.07) is 49.2. The molecule has 0 amide bonds. The van der Waals surface area contributed by atoms with Gasteiger partial charge in [0.05, 0.1) is 28.5 Å². The van der Waals surface area contributed by atoms with Crippen LogP contribution in [0.1, 0.15) is 23.2 Å². The molecule has 236 valence electrons. The van der Waals surface area contributed by atoms with E-state index in [1.54, 1.807) is 0 Å². The van der Waals surface area contributed by atoms with E-state index in [1.807, 2.05) is 79.0 Å². The van der Waals surface area contributed by atoms with Crippen molar-refractivity contribution in [3.8, 4) is 33.6 Å². The van der Waals surface area contributed by atoms with Crippen molar-refractivity contribution in [1.29, 1.82) is 0 Å². The molecular weight excluding hydrogens is 597 g/mol. The highest BCUT2D eigenvalue weighted by Gasteiger charge is 2.17. The van der Waals surface area contributed by atoms with Gasteiger partial charge in [-0.15, -0.1) is 0 Å². The molecular formula is C45H36N4. The zero-order chi connectivity index (χ0) is 33.4. The molecule has 1 aliphatic carbocycles. The number of allylic oxidation sites excluding steroid dienone is 5. The molecule has 6 aromatic rings. The van der Waals surface area contributed by atoms with Gasteiger partial charge in [-0.05, 0) is 64.6 Å². The molecule has 49 heavy (non-hydrogen) atoms. The quantitative estimate of drug-likeness (QED) is 0.161. The van der Waals surface area contributed by atoms with Crippen molar-refractivity contribution < 1.29 is 0 Å². The maximum atomic E-state index is 6.78. The molecule has 0 radical (unpaired) electrons. The van der Waals surface area contributed by atoms with Crippen LogP contribution < -0.4 is 5.73 Å². The summed E-state index contributed by atoms with van der Waals surface area (Å²) in [4.78, 5) is 14.8. The molecule has 2 N–H and O–H groups in total. The highest BCUT2D eigenvalue weighted by Crippen LogP contribution is 2.31. The molecule has 1 atom stereocenters. The number of hydrogen-bond acceptors (Lipinski definition) is 4. The molecule has 0 aliphatic heterocycles. The van der Waals surface area contributed by atoms with Crippen LogP contribution in [-0.2, 0) is 0 Å². The van der Waals surface area contributed by atoms with Gasteiger partial charge in [-0.1, -0.05) is 146 Å². The predicted molar refractivity (Wildman–Crippen MR) is 205 cm³/mol. The minimum Gasteiger partial charge on any atom is -0.398 e. The Kier molecular flexibility index (Phi) is 9.29. The van der Waals surface area contributed by atoms with Gasteiger partial charge in [0.15, 0.2) is 0 Å². The van der Waals surface area contributed by atoms with Crippen LogP contribution in [0.4, 0.5) is 0 Å². The van der Waals surface area contributed by atoms with Gasteiger partial charge < -0.3 is 5.73 Å². The van der Waals surface area contributed by atoms with Gasteiger partial charge >= 0.3 is 0 Å². The number of pyridine rings is 2. The molecule has 4 heteroatoms. The van der Waals surface area contributed by atoms with E-state index < -0.39 is 0 Å². The van der Waals surface area contributed by atoms with Gasteiger partial charge in [0.2, 0.25) is 0 Å². The molecule has 1 aliphatic rings. The fourth-order valence-electron chi connectivity index (χ4n) is 6.03. The molecule has 0 spiro atoms. The van der Waals surface area contributed by atoms with E-state index in [2.05, 4.69) is 104 Å².